The fourth-order valence-corrected chi connectivity index (χ4v) is 3.91. The number of phosphoric acid groups is 1. The van der Waals surface area contributed by atoms with Crippen LogP contribution in [0.4, 0.5) is 5.69 Å². The summed E-state index contributed by atoms with van der Waals surface area (Å²) in [6.45, 7) is 6.93. The number of likely N-dealkylation sites (N-methyl/N-ethyl adjacent to an activating group) is 1. The number of nitrogens with zero attached hydrogens (tertiary/aromatic N) is 1. The minimum atomic E-state index is -3.85. The van der Waals surface area contributed by atoms with Crippen molar-refractivity contribution in [3.05, 3.63) is 29.8 Å². The molecule has 0 bridgehead atoms. The Labute approximate surface area is 131 Å². The van der Waals surface area contributed by atoms with Gasteiger partial charge in [0, 0.05) is 18.3 Å². The number of para-hydroxylation sites is 1. The van der Waals surface area contributed by atoms with Crippen LogP contribution in [0.25, 0.3) is 0 Å². The Morgan fingerprint density at radius 1 is 1.09 bits per heavy atom. The van der Waals surface area contributed by atoms with Crippen LogP contribution in [0.3, 0.4) is 0 Å². The number of anilines is 1. The smallest absolute Gasteiger partial charge is 0.313 e. The molecule has 0 N–H and O–H groups in total. The number of amides is 1. The SMILES string of the molecule is CC(C)OP(=O)(OC(C)C)OC1C(=O)N(C)c2ccccc21. The summed E-state index contributed by atoms with van der Waals surface area (Å²) in [5.41, 5.74) is 1.40. The van der Waals surface area contributed by atoms with Gasteiger partial charge in [-0.15, -0.1) is 0 Å². The van der Waals surface area contributed by atoms with E-state index in [1.165, 1.54) is 4.90 Å². The predicted octanol–water partition coefficient (Wildman–Crippen LogP) is 3.68. The van der Waals surface area contributed by atoms with E-state index in [-0.39, 0.29) is 18.1 Å². The minimum absolute atomic E-state index is 0.291. The summed E-state index contributed by atoms with van der Waals surface area (Å²) in [5, 5.41) is 0. The second kappa shape index (κ2) is 6.50. The highest BCUT2D eigenvalue weighted by molar-refractivity contribution is 7.48. The molecule has 1 heterocycles. The molecule has 6 nitrogen and oxygen atoms in total. The summed E-state index contributed by atoms with van der Waals surface area (Å²) < 4.78 is 29.1. The van der Waals surface area contributed by atoms with Gasteiger partial charge >= 0.3 is 7.82 Å². The van der Waals surface area contributed by atoms with Gasteiger partial charge in [0.25, 0.3) is 5.91 Å². The van der Waals surface area contributed by atoms with E-state index in [4.69, 9.17) is 13.6 Å². The average molecular weight is 327 g/mol. The Morgan fingerprint density at radius 3 is 2.18 bits per heavy atom. The van der Waals surface area contributed by atoms with Gasteiger partial charge in [-0.2, -0.15) is 0 Å². The van der Waals surface area contributed by atoms with Crippen LogP contribution in [0.15, 0.2) is 24.3 Å². The normalized spacial score (nSPS) is 18.4. The maximum atomic E-state index is 12.8. The number of fused-ring (bicyclic) bond motifs is 1. The zero-order valence-electron chi connectivity index (χ0n) is 13.5. The van der Waals surface area contributed by atoms with Gasteiger partial charge in [0.15, 0.2) is 6.10 Å². The van der Waals surface area contributed by atoms with Gasteiger partial charge in [-0.1, -0.05) is 18.2 Å². The van der Waals surface area contributed by atoms with Crippen LogP contribution >= 0.6 is 7.82 Å². The van der Waals surface area contributed by atoms with Gasteiger partial charge in [-0.25, -0.2) is 4.57 Å². The molecule has 1 aromatic rings. The fraction of sp³-hybridized carbons (Fsp3) is 0.533. The van der Waals surface area contributed by atoms with E-state index >= 15 is 0 Å². The lowest BCUT2D eigenvalue weighted by atomic mass is 10.1. The zero-order valence-corrected chi connectivity index (χ0v) is 14.4. The van der Waals surface area contributed by atoms with Gasteiger partial charge in [0.05, 0.1) is 12.2 Å². The third-order valence-corrected chi connectivity index (χ3v) is 4.88. The molecule has 0 saturated carbocycles. The van der Waals surface area contributed by atoms with Crippen molar-refractivity contribution in [3.63, 3.8) is 0 Å². The number of phosphoric ester groups is 1. The van der Waals surface area contributed by atoms with Crippen LogP contribution in [-0.4, -0.2) is 25.2 Å². The average Bonchev–Trinajstić information content (AvgIpc) is 2.62. The van der Waals surface area contributed by atoms with Gasteiger partial charge in [0.1, 0.15) is 0 Å². The molecule has 1 amide bonds. The van der Waals surface area contributed by atoms with Crippen LogP contribution in [0.2, 0.25) is 0 Å². The number of carbonyl (C=O) groups is 1. The Bertz CT molecular complexity index is 587. The highest BCUT2D eigenvalue weighted by Gasteiger charge is 2.43. The van der Waals surface area contributed by atoms with Gasteiger partial charge in [-0.3, -0.25) is 18.4 Å². The monoisotopic (exact) mass is 327 g/mol. The first-order chi connectivity index (χ1) is 10.2. The minimum Gasteiger partial charge on any atom is -0.313 e. The van der Waals surface area contributed by atoms with Crippen molar-refractivity contribution in [1.29, 1.82) is 0 Å². The summed E-state index contributed by atoms with van der Waals surface area (Å²) in [6, 6.07) is 7.23. The van der Waals surface area contributed by atoms with Crippen LogP contribution in [0.1, 0.15) is 39.4 Å². The number of hydrogen-bond donors (Lipinski definition) is 0. The second-order valence-corrected chi connectivity index (χ2v) is 7.22. The molecule has 2 rings (SSSR count). The van der Waals surface area contributed by atoms with Crippen LogP contribution in [0, 0.1) is 0 Å². The Hall–Kier alpha value is -1.20. The quantitative estimate of drug-likeness (QED) is 0.746. The van der Waals surface area contributed by atoms with E-state index in [0.717, 1.165) is 5.69 Å². The third-order valence-electron chi connectivity index (χ3n) is 3.05. The van der Waals surface area contributed by atoms with E-state index < -0.39 is 13.9 Å². The van der Waals surface area contributed by atoms with E-state index in [0.29, 0.717) is 5.56 Å². The van der Waals surface area contributed by atoms with Crippen molar-refractivity contribution in [1.82, 2.24) is 0 Å². The first kappa shape index (κ1) is 17.2. The van der Waals surface area contributed by atoms with Crippen LogP contribution < -0.4 is 4.90 Å². The molecular weight excluding hydrogens is 305 g/mol. The molecule has 0 saturated heterocycles. The Morgan fingerprint density at radius 2 is 1.64 bits per heavy atom. The molecule has 0 spiro atoms. The van der Waals surface area contributed by atoms with Crippen molar-refractivity contribution in [3.8, 4) is 0 Å². The van der Waals surface area contributed by atoms with Gasteiger partial charge in [-0.05, 0) is 33.8 Å². The molecular formula is C15H22NO5P. The lowest BCUT2D eigenvalue weighted by molar-refractivity contribution is -0.125. The largest absolute Gasteiger partial charge is 0.476 e. The van der Waals surface area contributed by atoms with E-state index in [2.05, 4.69) is 0 Å². The molecule has 122 valence electrons. The van der Waals surface area contributed by atoms with Crippen molar-refractivity contribution in [2.75, 3.05) is 11.9 Å². The molecule has 0 radical (unpaired) electrons. The molecule has 1 aromatic carbocycles. The summed E-state index contributed by atoms with van der Waals surface area (Å²) in [5.74, 6) is -0.291. The summed E-state index contributed by atoms with van der Waals surface area (Å²) in [7, 11) is -2.19. The van der Waals surface area contributed by atoms with Crippen LogP contribution in [0.5, 0.6) is 0 Å². The second-order valence-electron chi connectivity index (χ2n) is 5.70. The topological polar surface area (TPSA) is 65.1 Å². The highest BCUT2D eigenvalue weighted by atomic mass is 31.2. The van der Waals surface area contributed by atoms with Crippen molar-refractivity contribution < 1.29 is 22.9 Å². The molecule has 1 unspecified atom stereocenters. The molecule has 1 atom stereocenters. The Kier molecular flexibility index (Phi) is 5.07. The molecule has 0 aliphatic carbocycles. The predicted molar refractivity (Wildman–Crippen MR) is 83.7 cm³/mol. The zero-order chi connectivity index (χ0) is 16.5. The first-order valence-corrected chi connectivity index (χ1v) is 8.71. The lowest BCUT2D eigenvalue weighted by Crippen LogP contribution is -2.25. The van der Waals surface area contributed by atoms with E-state index in [9.17, 15) is 9.36 Å². The molecule has 1 aliphatic rings. The first-order valence-electron chi connectivity index (χ1n) is 7.25. The van der Waals surface area contributed by atoms with Gasteiger partial charge < -0.3 is 4.90 Å². The summed E-state index contributed by atoms with van der Waals surface area (Å²) in [6.07, 6.45) is -1.69. The maximum absolute atomic E-state index is 12.8. The standard InChI is InChI=1S/C15H22NO5P/c1-10(2)19-22(18,20-11(3)4)21-14-12-8-6-7-9-13(12)16(5)15(14)17/h6-11,14H,1-5H3. The van der Waals surface area contributed by atoms with E-state index in [1.54, 1.807) is 46.9 Å². The number of carbonyl (C=O) groups excluding carboxylic acids is 1. The summed E-state index contributed by atoms with van der Waals surface area (Å²) >= 11 is 0. The molecule has 1 aliphatic heterocycles. The number of benzene rings is 1. The van der Waals surface area contributed by atoms with Crippen molar-refractivity contribution in [2.24, 2.45) is 0 Å². The molecule has 7 heteroatoms. The van der Waals surface area contributed by atoms with Gasteiger partial charge in [0.2, 0.25) is 0 Å². The van der Waals surface area contributed by atoms with Crippen molar-refractivity contribution in [2.45, 2.75) is 46.0 Å². The molecule has 0 fully saturated rings. The highest BCUT2D eigenvalue weighted by Crippen LogP contribution is 2.57. The summed E-state index contributed by atoms with van der Waals surface area (Å²) in [4.78, 5) is 13.9. The third kappa shape index (κ3) is 3.58. The number of hydrogen-bond acceptors (Lipinski definition) is 5. The molecule has 22 heavy (non-hydrogen) atoms. The van der Waals surface area contributed by atoms with Crippen molar-refractivity contribution >= 4 is 19.4 Å². The maximum Gasteiger partial charge on any atom is 0.476 e. The fourth-order valence-electron chi connectivity index (χ4n) is 2.26. The number of rotatable bonds is 6. The molecule has 0 aromatic heterocycles. The van der Waals surface area contributed by atoms with E-state index in [1.807, 2.05) is 12.1 Å². The van der Waals surface area contributed by atoms with Crippen LogP contribution in [-0.2, 0) is 22.9 Å². The Balaban J connectivity index is 2.30. The lowest BCUT2D eigenvalue weighted by Gasteiger charge is -2.24.